The number of hydrogen-bond acceptors (Lipinski definition) is 6. The molecular formula is C17H24ClN3O5. The number of nitro benzene ring substituents is 1. The number of benzene rings is 1. The Labute approximate surface area is 158 Å². The van der Waals surface area contributed by atoms with Crippen LogP contribution in [0.15, 0.2) is 12.1 Å². The molecule has 1 aliphatic heterocycles. The second-order valence-electron chi connectivity index (χ2n) is 6.59. The van der Waals surface area contributed by atoms with E-state index in [-0.39, 0.29) is 47.3 Å². The van der Waals surface area contributed by atoms with Crippen molar-refractivity contribution < 1.29 is 19.2 Å². The van der Waals surface area contributed by atoms with Gasteiger partial charge in [-0.3, -0.25) is 14.9 Å². The Morgan fingerprint density at radius 1 is 1.35 bits per heavy atom. The maximum Gasteiger partial charge on any atom is 0.286 e. The van der Waals surface area contributed by atoms with Gasteiger partial charge in [-0.25, -0.2) is 0 Å². The summed E-state index contributed by atoms with van der Waals surface area (Å²) in [6.07, 6.45) is 1.99. The van der Waals surface area contributed by atoms with Gasteiger partial charge in [-0.15, -0.1) is 12.4 Å². The monoisotopic (exact) mass is 385 g/mol. The van der Waals surface area contributed by atoms with E-state index < -0.39 is 4.92 Å². The lowest BCUT2D eigenvalue weighted by Gasteiger charge is -2.19. The predicted molar refractivity (Wildman–Crippen MR) is 98.2 cm³/mol. The number of carbonyl (C=O) groups excluding carboxylic acids is 1. The minimum Gasteiger partial charge on any atom is -0.493 e. The van der Waals surface area contributed by atoms with Gasteiger partial charge in [0.25, 0.3) is 11.6 Å². The largest absolute Gasteiger partial charge is 0.493 e. The Morgan fingerprint density at radius 2 is 2.08 bits per heavy atom. The number of ether oxygens (including phenoxy) is 2. The minimum absolute atomic E-state index is 0. The number of methoxy groups -OCH3 is 1. The summed E-state index contributed by atoms with van der Waals surface area (Å²) in [5.41, 5.74) is 5.88. The molecule has 26 heavy (non-hydrogen) atoms. The fourth-order valence-electron chi connectivity index (χ4n) is 3.94. The first kappa shape index (κ1) is 20.3. The van der Waals surface area contributed by atoms with E-state index in [4.69, 9.17) is 15.2 Å². The van der Waals surface area contributed by atoms with Crippen LogP contribution in [0.3, 0.4) is 0 Å². The molecule has 3 atom stereocenters. The summed E-state index contributed by atoms with van der Waals surface area (Å²) in [7, 11) is 1.41. The highest BCUT2D eigenvalue weighted by Crippen LogP contribution is 2.40. The molecule has 0 spiro atoms. The molecule has 3 rings (SSSR count). The number of likely N-dealkylation sites (tertiary alicyclic amines) is 1. The van der Waals surface area contributed by atoms with Gasteiger partial charge >= 0.3 is 0 Å². The zero-order chi connectivity index (χ0) is 18.1. The normalized spacial score (nSPS) is 24.0. The SMILES string of the molecule is CCOc1cc(C(=O)N2CC3CCC(N)C3C2)c([N+](=O)[O-])cc1OC.Cl. The van der Waals surface area contributed by atoms with Crippen molar-refractivity contribution in [2.45, 2.75) is 25.8 Å². The van der Waals surface area contributed by atoms with Crippen LogP contribution in [0.2, 0.25) is 0 Å². The van der Waals surface area contributed by atoms with Crippen molar-refractivity contribution in [2.75, 3.05) is 26.8 Å². The average Bonchev–Trinajstić information content (AvgIpc) is 3.16. The molecule has 9 heteroatoms. The molecule has 1 aromatic carbocycles. The Hall–Kier alpha value is -2.06. The number of amides is 1. The Bertz CT molecular complexity index is 699. The molecule has 1 amide bonds. The minimum atomic E-state index is -0.561. The van der Waals surface area contributed by atoms with Crippen molar-refractivity contribution in [2.24, 2.45) is 17.6 Å². The van der Waals surface area contributed by atoms with E-state index in [1.54, 1.807) is 11.8 Å². The molecule has 0 radical (unpaired) electrons. The molecule has 2 aliphatic rings. The first-order chi connectivity index (χ1) is 12.0. The molecule has 1 saturated heterocycles. The van der Waals surface area contributed by atoms with E-state index in [1.807, 2.05) is 0 Å². The number of nitrogens with two attached hydrogens (primary N) is 1. The Morgan fingerprint density at radius 3 is 2.65 bits per heavy atom. The first-order valence-electron chi connectivity index (χ1n) is 8.50. The standard InChI is InChI=1S/C17H23N3O5.ClH/c1-3-25-16-6-11(14(20(22)23)7-15(16)24-2)17(21)19-8-10-4-5-13(18)12(10)9-19;/h6-7,10,12-13H,3-5,8-9,18H2,1-2H3;1H. The molecule has 1 aliphatic carbocycles. The van der Waals surface area contributed by atoms with Crippen molar-refractivity contribution in [3.8, 4) is 11.5 Å². The predicted octanol–water partition coefficient (Wildman–Crippen LogP) is 2.23. The fraction of sp³-hybridized carbons (Fsp3) is 0.588. The van der Waals surface area contributed by atoms with Crippen molar-refractivity contribution in [1.29, 1.82) is 0 Å². The third kappa shape index (κ3) is 3.57. The summed E-state index contributed by atoms with van der Waals surface area (Å²) in [6.45, 7) is 3.32. The highest BCUT2D eigenvalue weighted by atomic mass is 35.5. The molecule has 144 valence electrons. The lowest BCUT2D eigenvalue weighted by molar-refractivity contribution is -0.385. The fourth-order valence-corrected chi connectivity index (χ4v) is 3.94. The zero-order valence-electron chi connectivity index (χ0n) is 14.8. The quantitative estimate of drug-likeness (QED) is 0.615. The summed E-state index contributed by atoms with van der Waals surface area (Å²) in [5.74, 6) is 0.896. The maximum absolute atomic E-state index is 13.0. The van der Waals surface area contributed by atoms with Crippen LogP contribution in [0, 0.1) is 22.0 Å². The Balaban J connectivity index is 0.00000243. The van der Waals surface area contributed by atoms with Gasteiger partial charge in [-0.1, -0.05) is 0 Å². The van der Waals surface area contributed by atoms with Crippen LogP contribution in [0.25, 0.3) is 0 Å². The smallest absolute Gasteiger partial charge is 0.286 e. The van der Waals surface area contributed by atoms with Gasteiger partial charge in [-0.05, 0) is 31.6 Å². The molecule has 2 fully saturated rings. The van der Waals surface area contributed by atoms with E-state index in [9.17, 15) is 14.9 Å². The summed E-state index contributed by atoms with van der Waals surface area (Å²) >= 11 is 0. The van der Waals surface area contributed by atoms with E-state index in [0.29, 0.717) is 31.4 Å². The van der Waals surface area contributed by atoms with E-state index in [0.717, 1.165) is 12.8 Å². The molecule has 3 unspecified atom stereocenters. The summed E-state index contributed by atoms with van der Waals surface area (Å²) in [4.78, 5) is 25.5. The summed E-state index contributed by atoms with van der Waals surface area (Å²) in [5, 5.41) is 11.4. The van der Waals surface area contributed by atoms with E-state index in [2.05, 4.69) is 0 Å². The third-order valence-corrected chi connectivity index (χ3v) is 5.21. The number of rotatable bonds is 5. The van der Waals surface area contributed by atoms with Crippen LogP contribution in [0.1, 0.15) is 30.1 Å². The van der Waals surface area contributed by atoms with Crippen molar-refractivity contribution >= 4 is 24.0 Å². The lowest BCUT2D eigenvalue weighted by atomic mass is 9.98. The van der Waals surface area contributed by atoms with Crippen LogP contribution >= 0.6 is 12.4 Å². The van der Waals surface area contributed by atoms with Gasteiger partial charge in [0.2, 0.25) is 0 Å². The van der Waals surface area contributed by atoms with Crippen molar-refractivity contribution in [3.63, 3.8) is 0 Å². The lowest BCUT2D eigenvalue weighted by Crippen LogP contribution is -2.33. The molecule has 8 nitrogen and oxygen atoms in total. The number of carbonyl (C=O) groups is 1. The summed E-state index contributed by atoms with van der Waals surface area (Å²) < 4.78 is 10.6. The second kappa shape index (κ2) is 8.09. The maximum atomic E-state index is 13.0. The average molecular weight is 386 g/mol. The van der Waals surface area contributed by atoms with E-state index in [1.165, 1.54) is 19.2 Å². The highest BCUT2D eigenvalue weighted by Gasteiger charge is 2.43. The van der Waals surface area contributed by atoms with Crippen LogP contribution in [0.4, 0.5) is 5.69 Å². The van der Waals surface area contributed by atoms with Crippen molar-refractivity contribution in [3.05, 3.63) is 27.8 Å². The molecular weight excluding hydrogens is 362 g/mol. The van der Waals surface area contributed by atoms with Gasteiger partial charge in [0.05, 0.1) is 24.7 Å². The molecule has 1 saturated carbocycles. The molecule has 1 aromatic rings. The zero-order valence-corrected chi connectivity index (χ0v) is 15.7. The number of halogens is 1. The number of nitrogens with zero attached hydrogens (tertiary/aromatic N) is 2. The van der Waals surface area contributed by atoms with Crippen LogP contribution in [-0.4, -0.2) is 48.6 Å². The molecule has 1 heterocycles. The first-order valence-corrected chi connectivity index (χ1v) is 8.50. The van der Waals surface area contributed by atoms with Crippen LogP contribution in [-0.2, 0) is 0 Å². The van der Waals surface area contributed by atoms with Gasteiger partial charge in [0.15, 0.2) is 11.5 Å². The number of nitro groups is 1. The van der Waals surface area contributed by atoms with Gasteiger partial charge in [0, 0.05) is 25.2 Å². The topological polar surface area (TPSA) is 108 Å². The molecule has 0 aromatic heterocycles. The third-order valence-electron chi connectivity index (χ3n) is 5.21. The number of fused-ring (bicyclic) bond motifs is 1. The number of hydrogen-bond donors (Lipinski definition) is 1. The van der Waals surface area contributed by atoms with Gasteiger partial charge in [-0.2, -0.15) is 0 Å². The van der Waals surface area contributed by atoms with Crippen molar-refractivity contribution in [1.82, 2.24) is 4.90 Å². The Kier molecular flexibility index (Phi) is 6.30. The van der Waals surface area contributed by atoms with E-state index >= 15 is 0 Å². The highest BCUT2D eigenvalue weighted by molar-refractivity contribution is 5.99. The van der Waals surface area contributed by atoms with Gasteiger partial charge in [0.1, 0.15) is 5.56 Å². The molecule has 0 bridgehead atoms. The summed E-state index contributed by atoms with van der Waals surface area (Å²) in [6, 6.07) is 2.77. The molecule has 2 N–H and O–H groups in total. The van der Waals surface area contributed by atoms with Crippen LogP contribution < -0.4 is 15.2 Å². The van der Waals surface area contributed by atoms with Crippen LogP contribution in [0.5, 0.6) is 11.5 Å². The van der Waals surface area contributed by atoms with Gasteiger partial charge < -0.3 is 20.1 Å². The second-order valence-corrected chi connectivity index (χ2v) is 6.59.